The van der Waals surface area contributed by atoms with Gasteiger partial charge in [-0.2, -0.15) is 4.31 Å². The molecule has 0 N–H and O–H groups in total. The summed E-state index contributed by atoms with van der Waals surface area (Å²) in [6.45, 7) is 1.02. The highest BCUT2D eigenvalue weighted by atomic mass is 32.2. The summed E-state index contributed by atoms with van der Waals surface area (Å²) in [7, 11) is -0.919. The van der Waals surface area contributed by atoms with Crippen LogP contribution in [0.15, 0.2) is 63.0 Å². The van der Waals surface area contributed by atoms with Gasteiger partial charge in [0.05, 0.1) is 15.8 Å². The molecule has 2 heterocycles. The fourth-order valence-corrected chi connectivity index (χ4v) is 5.64. The molecule has 1 aromatic heterocycles. The number of hydrogen-bond acceptors (Lipinski definition) is 5. The lowest BCUT2D eigenvalue weighted by atomic mass is 10.2. The normalized spacial score (nSPS) is 14.9. The van der Waals surface area contributed by atoms with Crippen LogP contribution in [0.1, 0.15) is 31.2 Å². The maximum Gasteiger partial charge on any atom is 0.331 e. The number of benzene rings is 2. The SMILES string of the molecule is CN(Cc1ccccc1)S(=O)(=O)c1ccc2c(c1)c(=O)n(CC(=O)N1CCCCCC1)c(=O)n2C. The number of amides is 1. The van der Waals surface area contributed by atoms with Crippen molar-refractivity contribution in [2.24, 2.45) is 7.05 Å². The van der Waals surface area contributed by atoms with E-state index in [-0.39, 0.29) is 29.3 Å². The van der Waals surface area contributed by atoms with Crippen molar-refractivity contribution in [2.45, 2.75) is 43.7 Å². The third kappa shape index (κ3) is 5.08. The van der Waals surface area contributed by atoms with Gasteiger partial charge >= 0.3 is 5.69 Å². The van der Waals surface area contributed by atoms with Gasteiger partial charge in [0.15, 0.2) is 0 Å². The molecule has 1 saturated heterocycles. The largest absolute Gasteiger partial charge is 0.341 e. The van der Waals surface area contributed by atoms with Gasteiger partial charge in [0.1, 0.15) is 6.54 Å². The summed E-state index contributed by atoms with van der Waals surface area (Å²) in [5.41, 5.74) is -0.143. The first-order valence-electron chi connectivity index (χ1n) is 11.7. The molecule has 3 aromatic rings. The highest BCUT2D eigenvalue weighted by Crippen LogP contribution is 2.20. The number of hydrogen-bond donors (Lipinski definition) is 0. The Bertz CT molecular complexity index is 1450. The van der Waals surface area contributed by atoms with Crippen molar-refractivity contribution in [3.05, 3.63) is 74.9 Å². The molecule has 0 radical (unpaired) electrons. The molecule has 0 unspecified atom stereocenters. The van der Waals surface area contributed by atoms with Crippen LogP contribution in [0.4, 0.5) is 0 Å². The van der Waals surface area contributed by atoms with Crippen LogP contribution >= 0.6 is 0 Å². The maximum atomic E-state index is 13.3. The van der Waals surface area contributed by atoms with E-state index in [2.05, 4.69) is 0 Å². The van der Waals surface area contributed by atoms with E-state index in [1.807, 2.05) is 30.3 Å². The van der Waals surface area contributed by atoms with Crippen LogP contribution < -0.4 is 11.2 Å². The van der Waals surface area contributed by atoms with E-state index in [1.165, 1.54) is 41.2 Å². The second-order valence-electron chi connectivity index (χ2n) is 8.95. The topological polar surface area (TPSA) is 102 Å². The molecule has 1 aliphatic rings. The van der Waals surface area contributed by atoms with Crippen LogP contribution in [0, 0.1) is 0 Å². The molecule has 1 aliphatic heterocycles. The third-order valence-electron chi connectivity index (χ3n) is 6.53. The number of rotatable bonds is 6. The predicted octanol–water partition coefficient (Wildman–Crippen LogP) is 1.92. The molecule has 0 spiro atoms. The Labute approximate surface area is 204 Å². The molecule has 1 fully saturated rings. The van der Waals surface area contributed by atoms with Gasteiger partial charge in [0, 0.05) is 33.7 Å². The monoisotopic (exact) mass is 498 g/mol. The Balaban J connectivity index is 1.70. The first kappa shape index (κ1) is 24.9. The second-order valence-corrected chi connectivity index (χ2v) is 11.0. The first-order chi connectivity index (χ1) is 16.7. The highest BCUT2D eigenvalue weighted by molar-refractivity contribution is 7.89. The molecule has 186 valence electrons. The molecule has 0 aliphatic carbocycles. The summed E-state index contributed by atoms with van der Waals surface area (Å²) in [6, 6.07) is 13.3. The highest BCUT2D eigenvalue weighted by Gasteiger charge is 2.24. The predicted molar refractivity (Wildman–Crippen MR) is 134 cm³/mol. The summed E-state index contributed by atoms with van der Waals surface area (Å²) >= 11 is 0. The number of aryl methyl sites for hydroxylation is 1. The van der Waals surface area contributed by atoms with Crippen molar-refractivity contribution in [2.75, 3.05) is 20.1 Å². The molecular weight excluding hydrogens is 468 g/mol. The van der Waals surface area contributed by atoms with Crippen LogP contribution in [0.3, 0.4) is 0 Å². The maximum absolute atomic E-state index is 13.3. The average Bonchev–Trinajstić information content (AvgIpc) is 3.15. The van der Waals surface area contributed by atoms with Crippen LogP contribution in [0.5, 0.6) is 0 Å². The van der Waals surface area contributed by atoms with Gasteiger partial charge in [-0.3, -0.25) is 18.7 Å². The van der Waals surface area contributed by atoms with E-state index < -0.39 is 21.3 Å². The minimum Gasteiger partial charge on any atom is -0.341 e. The second kappa shape index (κ2) is 10.2. The Hall–Kier alpha value is -3.24. The summed E-state index contributed by atoms with van der Waals surface area (Å²) in [5.74, 6) is -0.281. The van der Waals surface area contributed by atoms with Gasteiger partial charge in [0.25, 0.3) is 5.56 Å². The molecule has 0 atom stereocenters. The molecule has 9 nitrogen and oxygen atoms in total. The van der Waals surface area contributed by atoms with E-state index in [1.54, 1.807) is 4.90 Å². The van der Waals surface area contributed by atoms with Gasteiger partial charge in [-0.15, -0.1) is 0 Å². The van der Waals surface area contributed by atoms with Crippen molar-refractivity contribution >= 4 is 26.8 Å². The number of nitrogens with zero attached hydrogens (tertiary/aromatic N) is 4. The molecule has 2 aromatic carbocycles. The number of fused-ring (bicyclic) bond motifs is 1. The fraction of sp³-hybridized carbons (Fsp3) is 0.400. The van der Waals surface area contributed by atoms with Crippen molar-refractivity contribution in [3.8, 4) is 0 Å². The molecule has 1 amide bonds. The molecule has 35 heavy (non-hydrogen) atoms. The van der Waals surface area contributed by atoms with E-state index in [9.17, 15) is 22.8 Å². The quantitative estimate of drug-likeness (QED) is 0.517. The van der Waals surface area contributed by atoms with Crippen molar-refractivity contribution in [3.63, 3.8) is 0 Å². The fourth-order valence-electron chi connectivity index (χ4n) is 4.46. The number of aromatic nitrogens is 2. The minimum absolute atomic E-state index is 0.0513. The molecule has 4 rings (SSSR count). The lowest BCUT2D eigenvalue weighted by molar-refractivity contribution is -0.131. The van der Waals surface area contributed by atoms with Gasteiger partial charge in [-0.05, 0) is 36.6 Å². The number of carbonyl (C=O) groups is 1. The molecule has 0 bridgehead atoms. The van der Waals surface area contributed by atoms with E-state index in [0.717, 1.165) is 35.8 Å². The van der Waals surface area contributed by atoms with Crippen molar-refractivity contribution < 1.29 is 13.2 Å². The lowest BCUT2D eigenvalue weighted by Gasteiger charge is -2.21. The van der Waals surface area contributed by atoms with E-state index >= 15 is 0 Å². The number of carbonyl (C=O) groups excluding carboxylic acids is 1. The number of sulfonamides is 1. The van der Waals surface area contributed by atoms with Gasteiger partial charge in [0.2, 0.25) is 15.9 Å². The van der Waals surface area contributed by atoms with E-state index in [0.29, 0.717) is 18.6 Å². The Kier molecular flexibility index (Phi) is 7.23. The average molecular weight is 499 g/mol. The third-order valence-corrected chi connectivity index (χ3v) is 8.33. The summed E-state index contributed by atoms with van der Waals surface area (Å²) in [6.07, 6.45) is 3.90. The van der Waals surface area contributed by atoms with Crippen LogP contribution in [-0.2, 0) is 35.0 Å². The van der Waals surface area contributed by atoms with Gasteiger partial charge < -0.3 is 4.90 Å². The van der Waals surface area contributed by atoms with Gasteiger partial charge in [-0.25, -0.2) is 13.2 Å². The lowest BCUT2D eigenvalue weighted by Crippen LogP contribution is -2.44. The smallest absolute Gasteiger partial charge is 0.331 e. The molecule has 10 heteroatoms. The van der Waals surface area contributed by atoms with Crippen molar-refractivity contribution in [1.82, 2.24) is 18.3 Å². The first-order valence-corrected chi connectivity index (χ1v) is 13.2. The zero-order valence-electron chi connectivity index (χ0n) is 20.0. The summed E-state index contributed by atoms with van der Waals surface area (Å²) in [4.78, 5) is 40.7. The number of likely N-dealkylation sites (tertiary alicyclic amines) is 1. The minimum atomic E-state index is -3.90. The Morgan fingerprint density at radius 3 is 2.29 bits per heavy atom. The summed E-state index contributed by atoms with van der Waals surface area (Å²) < 4.78 is 29.9. The van der Waals surface area contributed by atoms with Crippen LogP contribution in [-0.4, -0.2) is 52.8 Å². The Morgan fingerprint density at radius 2 is 1.63 bits per heavy atom. The van der Waals surface area contributed by atoms with Crippen molar-refractivity contribution in [1.29, 1.82) is 0 Å². The zero-order valence-corrected chi connectivity index (χ0v) is 20.8. The van der Waals surface area contributed by atoms with E-state index in [4.69, 9.17) is 0 Å². The van der Waals surface area contributed by atoms with Crippen LogP contribution in [0.25, 0.3) is 10.9 Å². The molecule has 0 saturated carbocycles. The Morgan fingerprint density at radius 1 is 0.971 bits per heavy atom. The van der Waals surface area contributed by atoms with Gasteiger partial charge in [-0.1, -0.05) is 43.2 Å². The standard InChI is InChI=1S/C25H30N4O5S/c1-26(17-19-10-6-5-7-11-19)35(33,34)20-12-13-22-21(16-20)24(31)29(25(32)27(22)2)18-23(30)28-14-8-3-4-9-15-28/h5-7,10-13,16H,3-4,8-9,14-15,17-18H2,1-2H3. The van der Waals surface area contributed by atoms with Crippen LogP contribution in [0.2, 0.25) is 0 Å². The molecular formula is C25H30N4O5S. The zero-order chi connectivity index (χ0) is 25.2. The summed E-state index contributed by atoms with van der Waals surface area (Å²) in [5, 5.41) is 0.0740.